The molecule has 0 saturated heterocycles. The topological polar surface area (TPSA) is 53.4 Å². The first kappa shape index (κ1) is 15.0. The molecule has 0 N–H and O–H groups in total. The zero-order valence-corrected chi connectivity index (χ0v) is 14.4. The van der Waals surface area contributed by atoms with Gasteiger partial charge in [-0.2, -0.15) is 0 Å². The highest BCUT2D eigenvalue weighted by Gasteiger charge is 2.25. The van der Waals surface area contributed by atoms with Crippen molar-refractivity contribution in [3.05, 3.63) is 58.7 Å². The van der Waals surface area contributed by atoms with E-state index in [1.54, 1.807) is 12.1 Å². The maximum Gasteiger partial charge on any atom is 0.337 e. The fourth-order valence-corrected chi connectivity index (χ4v) is 3.44. The van der Waals surface area contributed by atoms with Crippen LogP contribution in [0.15, 0.2) is 53.1 Å². The summed E-state index contributed by atoms with van der Waals surface area (Å²) in [5, 5.41) is 0. The van der Waals surface area contributed by atoms with Gasteiger partial charge in [0.2, 0.25) is 0 Å². The zero-order valence-electron chi connectivity index (χ0n) is 12.8. The first-order valence-electron chi connectivity index (χ1n) is 7.36. The number of halogens is 1. The summed E-state index contributed by atoms with van der Waals surface area (Å²) >= 11 is 3.55. The van der Waals surface area contributed by atoms with Gasteiger partial charge in [0, 0.05) is 5.56 Å². The molecule has 1 aromatic heterocycles. The number of ether oxygens (including phenoxy) is 2. The monoisotopic (exact) mass is 384 g/mol. The van der Waals surface area contributed by atoms with Gasteiger partial charge in [0.1, 0.15) is 16.2 Å². The molecular formula is C18H13BrN2O3. The molecule has 0 atom stereocenters. The number of nitrogens with zero attached hydrogens (tertiary/aromatic N) is 2. The molecule has 1 aliphatic rings. The minimum atomic E-state index is -0.388. The van der Waals surface area contributed by atoms with Crippen LogP contribution in [-0.4, -0.2) is 22.6 Å². The van der Waals surface area contributed by atoms with Crippen molar-refractivity contribution in [1.82, 2.24) is 9.55 Å². The Hall–Kier alpha value is -2.60. The second-order valence-corrected chi connectivity index (χ2v) is 6.10. The van der Waals surface area contributed by atoms with Crippen molar-refractivity contribution < 1.29 is 14.3 Å². The number of esters is 1. The van der Waals surface area contributed by atoms with Crippen LogP contribution in [0.3, 0.4) is 0 Å². The molecule has 2 heterocycles. The van der Waals surface area contributed by atoms with E-state index in [0.29, 0.717) is 18.0 Å². The van der Waals surface area contributed by atoms with E-state index in [-0.39, 0.29) is 5.97 Å². The first-order chi connectivity index (χ1) is 11.7. The SMILES string of the molecule is COC(=O)c1ccc2c(c1)OCn1c-2nc(Br)c1-c1ccccc1. The Morgan fingerprint density at radius 2 is 2.04 bits per heavy atom. The number of hydrogen-bond acceptors (Lipinski definition) is 4. The molecule has 4 rings (SSSR count). The molecule has 120 valence electrons. The fraction of sp³-hybridized carbons (Fsp3) is 0.111. The molecule has 0 bridgehead atoms. The van der Waals surface area contributed by atoms with E-state index in [4.69, 9.17) is 9.47 Å². The summed E-state index contributed by atoms with van der Waals surface area (Å²) in [5.41, 5.74) is 3.32. The standard InChI is InChI=1S/C18H13BrN2O3/c1-23-18(22)12-7-8-13-14(9-12)24-10-21-15(16(19)20-17(13)21)11-5-3-2-4-6-11/h2-9H,10H2,1H3. The molecule has 0 amide bonds. The van der Waals surface area contributed by atoms with E-state index in [2.05, 4.69) is 20.9 Å². The predicted octanol–water partition coefficient (Wildman–Crippen LogP) is 4.12. The lowest BCUT2D eigenvalue weighted by Crippen LogP contribution is -2.14. The number of fused-ring (bicyclic) bond motifs is 3. The van der Waals surface area contributed by atoms with Crippen LogP contribution in [-0.2, 0) is 11.5 Å². The van der Waals surface area contributed by atoms with Gasteiger partial charge in [-0.15, -0.1) is 0 Å². The summed E-state index contributed by atoms with van der Waals surface area (Å²) in [6, 6.07) is 15.3. The number of benzene rings is 2. The summed E-state index contributed by atoms with van der Waals surface area (Å²) in [6.45, 7) is 0.329. The van der Waals surface area contributed by atoms with Gasteiger partial charge in [0.15, 0.2) is 6.73 Å². The summed E-state index contributed by atoms with van der Waals surface area (Å²) in [7, 11) is 1.36. The Morgan fingerprint density at radius 1 is 1.25 bits per heavy atom. The molecule has 0 fully saturated rings. The Bertz CT molecular complexity index is 935. The molecule has 0 unspecified atom stereocenters. The van der Waals surface area contributed by atoms with Gasteiger partial charge in [-0.05, 0) is 34.1 Å². The lowest BCUT2D eigenvalue weighted by molar-refractivity contribution is 0.0600. The number of carbonyl (C=O) groups is 1. The van der Waals surface area contributed by atoms with Crippen molar-refractivity contribution >= 4 is 21.9 Å². The highest BCUT2D eigenvalue weighted by molar-refractivity contribution is 9.10. The van der Waals surface area contributed by atoms with Crippen molar-refractivity contribution in [3.63, 3.8) is 0 Å². The summed E-state index contributed by atoms with van der Waals surface area (Å²) in [6.07, 6.45) is 0. The van der Waals surface area contributed by atoms with Crippen molar-refractivity contribution in [1.29, 1.82) is 0 Å². The highest BCUT2D eigenvalue weighted by atomic mass is 79.9. The normalized spacial score (nSPS) is 12.1. The Kier molecular flexibility index (Phi) is 3.61. The minimum Gasteiger partial charge on any atom is -0.472 e. The second-order valence-electron chi connectivity index (χ2n) is 5.34. The molecule has 0 radical (unpaired) electrons. The number of aromatic nitrogens is 2. The van der Waals surface area contributed by atoms with Crippen LogP contribution in [0, 0.1) is 0 Å². The van der Waals surface area contributed by atoms with Gasteiger partial charge in [-0.1, -0.05) is 30.3 Å². The van der Waals surface area contributed by atoms with E-state index < -0.39 is 0 Å². The molecular weight excluding hydrogens is 372 g/mol. The smallest absolute Gasteiger partial charge is 0.337 e. The Balaban J connectivity index is 1.85. The van der Waals surface area contributed by atoms with E-state index in [0.717, 1.165) is 27.2 Å². The van der Waals surface area contributed by atoms with Crippen molar-refractivity contribution in [2.45, 2.75) is 6.73 Å². The van der Waals surface area contributed by atoms with Crippen LogP contribution in [0.25, 0.3) is 22.6 Å². The minimum absolute atomic E-state index is 0.329. The third-order valence-corrected chi connectivity index (χ3v) is 4.52. The fourth-order valence-electron chi connectivity index (χ4n) is 2.83. The van der Waals surface area contributed by atoms with Crippen LogP contribution in [0.1, 0.15) is 10.4 Å². The average molecular weight is 385 g/mol. The number of carbonyl (C=O) groups excluding carboxylic acids is 1. The van der Waals surface area contributed by atoms with E-state index in [1.807, 2.05) is 41.0 Å². The van der Waals surface area contributed by atoms with E-state index in [1.165, 1.54) is 7.11 Å². The quantitative estimate of drug-likeness (QED) is 0.623. The van der Waals surface area contributed by atoms with Gasteiger partial charge in [-0.3, -0.25) is 4.57 Å². The molecule has 0 saturated carbocycles. The Morgan fingerprint density at radius 3 is 2.79 bits per heavy atom. The van der Waals surface area contributed by atoms with Gasteiger partial charge < -0.3 is 9.47 Å². The van der Waals surface area contributed by atoms with Crippen molar-refractivity contribution in [2.24, 2.45) is 0 Å². The van der Waals surface area contributed by atoms with E-state index >= 15 is 0 Å². The second kappa shape index (κ2) is 5.79. The molecule has 5 nitrogen and oxygen atoms in total. The van der Waals surface area contributed by atoms with Crippen LogP contribution in [0.2, 0.25) is 0 Å². The van der Waals surface area contributed by atoms with Crippen LogP contribution < -0.4 is 4.74 Å². The third-order valence-electron chi connectivity index (χ3n) is 3.97. The van der Waals surface area contributed by atoms with Gasteiger partial charge in [-0.25, -0.2) is 9.78 Å². The molecule has 6 heteroatoms. The molecule has 0 aliphatic carbocycles. The lowest BCUT2D eigenvalue weighted by Gasteiger charge is -2.21. The number of hydrogen-bond donors (Lipinski definition) is 0. The van der Waals surface area contributed by atoms with Gasteiger partial charge >= 0.3 is 5.97 Å². The van der Waals surface area contributed by atoms with Crippen molar-refractivity contribution in [2.75, 3.05) is 7.11 Å². The third kappa shape index (κ3) is 2.30. The Labute approximate surface area is 147 Å². The maximum absolute atomic E-state index is 11.7. The summed E-state index contributed by atoms with van der Waals surface area (Å²) in [5.74, 6) is 1.04. The van der Waals surface area contributed by atoms with E-state index in [9.17, 15) is 4.79 Å². The summed E-state index contributed by atoms with van der Waals surface area (Å²) in [4.78, 5) is 16.3. The lowest BCUT2D eigenvalue weighted by atomic mass is 10.1. The summed E-state index contributed by atoms with van der Waals surface area (Å²) < 4.78 is 13.4. The van der Waals surface area contributed by atoms with Crippen molar-refractivity contribution in [3.8, 4) is 28.4 Å². The number of methoxy groups -OCH3 is 1. The van der Waals surface area contributed by atoms with Crippen LogP contribution in [0.5, 0.6) is 5.75 Å². The number of rotatable bonds is 2. The molecule has 0 spiro atoms. The van der Waals surface area contributed by atoms with Crippen LogP contribution in [0.4, 0.5) is 0 Å². The average Bonchev–Trinajstić information content (AvgIpc) is 2.97. The molecule has 1 aliphatic heterocycles. The van der Waals surface area contributed by atoms with Gasteiger partial charge in [0.05, 0.1) is 23.9 Å². The molecule has 3 aromatic rings. The first-order valence-corrected chi connectivity index (χ1v) is 8.15. The molecule has 24 heavy (non-hydrogen) atoms. The van der Waals surface area contributed by atoms with Gasteiger partial charge in [0.25, 0.3) is 0 Å². The predicted molar refractivity (Wildman–Crippen MR) is 92.8 cm³/mol. The zero-order chi connectivity index (χ0) is 16.7. The number of imidazole rings is 1. The largest absolute Gasteiger partial charge is 0.472 e. The highest BCUT2D eigenvalue weighted by Crippen LogP contribution is 2.40. The van der Waals surface area contributed by atoms with Crippen LogP contribution >= 0.6 is 15.9 Å². The maximum atomic E-state index is 11.7. The molecule has 2 aromatic carbocycles.